The molecule has 1 aliphatic heterocycles. The van der Waals surface area contributed by atoms with Gasteiger partial charge in [-0.15, -0.1) is 0 Å². The van der Waals surface area contributed by atoms with E-state index in [1.807, 2.05) is 18.2 Å². The Balaban J connectivity index is 1.30. The van der Waals surface area contributed by atoms with Gasteiger partial charge in [0, 0.05) is 39.7 Å². The molecule has 0 saturated carbocycles. The van der Waals surface area contributed by atoms with Crippen molar-refractivity contribution in [1.29, 1.82) is 0 Å². The van der Waals surface area contributed by atoms with Crippen LogP contribution in [-0.4, -0.2) is 30.7 Å². The van der Waals surface area contributed by atoms with E-state index in [0.29, 0.717) is 0 Å². The normalized spacial score (nSPS) is 15.9. The lowest BCUT2D eigenvalue weighted by atomic mass is 10.1. The van der Waals surface area contributed by atoms with Crippen LogP contribution >= 0.6 is 15.9 Å². The van der Waals surface area contributed by atoms with Crippen molar-refractivity contribution in [3.05, 3.63) is 76.8 Å². The first-order valence-corrected chi connectivity index (χ1v) is 11.1. The monoisotopic (exact) mass is 450 g/mol. The SMILES string of the molecule is Brc1ccc2c(c1)oc1cc(OCC[N+]3(Cc4ccccc4)CCCC3)ccc12. The summed E-state index contributed by atoms with van der Waals surface area (Å²) in [6.07, 6.45) is 2.63. The van der Waals surface area contributed by atoms with Gasteiger partial charge in [0.15, 0.2) is 0 Å². The van der Waals surface area contributed by atoms with Crippen molar-refractivity contribution in [2.24, 2.45) is 0 Å². The fourth-order valence-electron chi connectivity index (χ4n) is 4.62. The third-order valence-corrected chi connectivity index (χ3v) is 6.61. The molecule has 0 radical (unpaired) electrons. The molecule has 1 aromatic heterocycles. The number of nitrogens with zero attached hydrogens (tertiary/aromatic N) is 1. The van der Waals surface area contributed by atoms with E-state index in [2.05, 4.69) is 64.5 Å². The first-order chi connectivity index (χ1) is 14.2. The van der Waals surface area contributed by atoms with Crippen LogP contribution in [0.1, 0.15) is 18.4 Å². The van der Waals surface area contributed by atoms with E-state index in [4.69, 9.17) is 9.15 Å². The molecular formula is C25H25BrNO2+. The summed E-state index contributed by atoms with van der Waals surface area (Å²) in [5.41, 5.74) is 3.20. The molecule has 5 rings (SSSR count). The Morgan fingerprint density at radius 1 is 0.862 bits per heavy atom. The van der Waals surface area contributed by atoms with Gasteiger partial charge in [-0.05, 0) is 30.3 Å². The maximum atomic E-state index is 6.17. The van der Waals surface area contributed by atoms with Gasteiger partial charge in [-0.1, -0.05) is 46.3 Å². The van der Waals surface area contributed by atoms with E-state index in [0.717, 1.165) is 56.3 Å². The zero-order valence-corrected chi connectivity index (χ0v) is 18.0. The molecule has 0 atom stereocenters. The molecular weight excluding hydrogens is 426 g/mol. The minimum Gasteiger partial charge on any atom is -0.488 e. The number of hydrogen-bond donors (Lipinski definition) is 0. The van der Waals surface area contributed by atoms with E-state index >= 15 is 0 Å². The van der Waals surface area contributed by atoms with E-state index < -0.39 is 0 Å². The van der Waals surface area contributed by atoms with Crippen LogP contribution in [0.25, 0.3) is 21.9 Å². The lowest BCUT2D eigenvalue weighted by molar-refractivity contribution is -0.929. The van der Waals surface area contributed by atoms with Crippen LogP contribution in [0.4, 0.5) is 0 Å². The highest BCUT2D eigenvalue weighted by Gasteiger charge is 2.32. The number of fused-ring (bicyclic) bond motifs is 3. The Labute approximate surface area is 179 Å². The Morgan fingerprint density at radius 2 is 1.59 bits per heavy atom. The number of benzene rings is 3. The van der Waals surface area contributed by atoms with E-state index in [1.54, 1.807) is 0 Å². The minimum atomic E-state index is 0.726. The molecule has 0 amide bonds. The van der Waals surface area contributed by atoms with Crippen molar-refractivity contribution >= 4 is 37.9 Å². The van der Waals surface area contributed by atoms with Crippen molar-refractivity contribution in [3.8, 4) is 5.75 Å². The molecule has 3 aromatic carbocycles. The zero-order valence-electron chi connectivity index (χ0n) is 16.4. The maximum Gasteiger partial charge on any atom is 0.139 e. The van der Waals surface area contributed by atoms with Crippen molar-refractivity contribution in [3.63, 3.8) is 0 Å². The number of likely N-dealkylation sites (tertiary alicyclic amines) is 1. The second-order valence-electron chi connectivity index (χ2n) is 8.11. The summed E-state index contributed by atoms with van der Waals surface area (Å²) in [5, 5.41) is 2.27. The molecule has 4 heteroatoms. The van der Waals surface area contributed by atoms with Crippen LogP contribution in [0.5, 0.6) is 5.75 Å². The second kappa shape index (κ2) is 7.85. The molecule has 0 unspecified atom stereocenters. The van der Waals surface area contributed by atoms with Gasteiger partial charge in [0.2, 0.25) is 0 Å². The third kappa shape index (κ3) is 3.92. The van der Waals surface area contributed by atoms with Gasteiger partial charge in [-0.2, -0.15) is 0 Å². The summed E-state index contributed by atoms with van der Waals surface area (Å²) >= 11 is 3.51. The topological polar surface area (TPSA) is 22.4 Å². The van der Waals surface area contributed by atoms with Gasteiger partial charge in [-0.3, -0.25) is 0 Å². The first kappa shape index (κ1) is 18.7. The molecule has 1 aliphatic rings. The molecule has 2 heterocycles. The number of rotatable bonds is 6. The fourth-order valence-corrected chi connectivity index (χ4v) is 4.96. The van der Waals surface area contributed by atoms with Gasteiger partial charge >= 0.3 is 0 Å². The van der Waals surface area contributed by atoms with Crippen LogP contribution in [0.3, 0.4) is 0 Å². The standard InChI is InChI=1S/C25H25BrNO2/c26-20-8-10-22-23-11-9-21(17-25(23)29-24(22)16-20)28-15-14-27(12-4-5-13-27)18-19-6-2-1-3-7-19/h1-3,6-11,16-17H,4-5,12-15,18H2/q+1. The Bertz CT molecular complexity index is 1130. The number of quaternary nitrogens is 1. The summed E-state index contributed by atoms with van der Waals surface area (Å²) in [6.45, 7) is 5.36. The van der Waals surface area contributed by atoms with Gasteiger partial charge in [0.05, 0.1) is 13.1 Å². The first-order valence-electron chi connectivity index (χ1n) is 10.3. The Morgan fingerprint density at radius 3 is 2.38 bits per heavy atom. The predicted molar refractivity (Wildman–Crippen MR) is 121 cm³/mol. The molecule has 0 N–H and O–H groups in total. The molecule has 29 heavy (non-hydrogen) atoms. The Kier molecular flexibility index (Phi) is 5.06. The molecule has 1 fully saturated rings. The van der Waals surface area contributed by atoms with Crippen LogP contribution in [0, 0.1) is 0 Å². The molecule has 4 aromatic rings. The predicted octanol–water partition coefficient (Wildman–Crippen LogP) is 6.54. The largest absolute Gasteiger partial charge is 0.488 e. The Hall–Kier alpha value is -2.30. The minimum absolute atomic E-state index is 0.726. The van der Waals surface area contributed by atoms with E-state index in [-0.39, 0.29) is 0 Å². The number of ether oxygens (including phenoxy) is 1. The van der Waals surface area contributed by atoms with Gasteiger partial charge < -0.3 is 13.6 Å². The van der Waals surface area contributed by atoms with Crippen LogP contribution < -0.4 is 4.74 Å². The summed E-state index contributed by atoms with van der Waals surface area (Å²) < 4.78 is 14.4. The number of halogens is 1. The zero-order chi connectivity index (χ0) is 19.7. The molecule has 0 spiro atoms. The van der Waals surface area contributed by atoms with Crippen molar-refractivity contribution in [1.82, 2.24) is 0 Å². The highest BCUT2D eigenvalue weighted by molar-refractivity contribution is 9.10. The average molecular weight is 451 g/mol. The van der Waals surface area contributed by atoms with E-state index in [1.165, 1.54) is 31.5 Å². The molecule has 1 saturated heterocycles. The van der Waals surface area contributed by atoms with Gasteiger partial charge in [0.1, 0.15) is 36.6 Å². The summed E-state index contributed by atoms with van der Waals surface area (Å²) in [5.74, 6) is 0.882. The van der Waals surface area contributed by atoms with Crippen LogP contribution in [0.2, 0.25) is 0 Å². The van der Waals surface area contributed by atoms with E-state index in [9.17, 15) is 0 Å². The molecule has 0 bridgehead atoms. The lowest BCUT2D eigenvalue weighted by Crippen LogP contribution is -2.47. The third-order valence-electron chi connectivity index (χ3n) is 6.12. The average Bonchev–Trinajstić information content (AvgIpc) is 3.32. The van der Waals surface area contributed by atoms with Crippen molar-refractivity contribution < 1.29 is 13.6 Å². The summed E-state index contributed by atoms with van der Waals surface area (Å²) in [7, 11) is 0. The number of furan rings is 1. The van der Waals surface area contributed by atoms with Crippen molar-refractivity contribution in [2.45, 2.75) is 19.4 Å². The maximum absolute atomic E-state index is 6.17. The van der Waals surface area contributed by atoms with Crippen molar-refractivity contribution in [2.75, 3.05) is 26.2 Å². The van der Waals surface area contributed by atoms with Gasteiger partial charge in [0.25, 0.3) is 0 Å². The summed E-state index contributed by atoms with van der Waals surface area (Å²) in [6, 6.07) is 23.2. The summed E-state index contributed by atoms with van der Waals surface area (Å²) in [4.78, 5) is 0. The quantitative estimate of drug-likeness (QED) is 0.311. The highest BCUT2D eigenvalue weighted by atomic mass is 79.9. The van der Waals surface area contributed by atoms with Crippen LogP contribution in [-0.2, 0) is 6.54 Å². The lowest BCUT2D eigenvalue weighted by Gasteiger charge is -2.34. The second-order valence-corrected chi connectivity index (χ2v) is 9.03. The molecule has 0 aliphatic carbocycles. The van der Waals surface area contributed by atoms with Crippen LogP contribution in [0.15, 0.2) is 75.6 Å². The smallest absolute Gasteiger partial charge is 0.139 e. The highest BCUT2D eigenvalue weighted by Crippen LogP contribution is 2.33. The van der Waals surface area contributed by atoms with Gasteiger partial charge in [-0.25, -0.2) is 0 Å². The fraction of sp³-hybridized carbons (Fsp3) is 0.280. The molecule has 148 valence electrons. The molecule has 3 nitrogen and oxygen atoms in total. The number of hydrogen-bond acceptors (Lipinski definition) is 2.